The van der Waals surface area contributed by atoms with Crippen LogP contribution >= 0.6 is 27.5 Å². The van der Waals surface area contributed by atoms with Crippen LogP contribution in [0, 0.1) is 5.92 Å². The fraction of sp³-hybridized carbons (Fsp3) is 0.250. The molecule has 7 nitrogen and oxygen atoms in total. The van der Waals surface area contributed by atoms with Crippen LogP contribution in [0.2, 0.25) is 5.02 Å². The third-order valence-electron chi connectivity index (χ3n) is 7.23. The molecule has 0 aliphatic carbocycles. The predicted molar refractivity (Wildman–Crippen MR) is 155 cm³/mol. The molecule has 0 bridgehead atoms. The molecule has 2 unspecified atom stereocenters. The molecule has 0 spiro atoms. The largest absolute Gasteiger partial charge is 0.370 e. The van der Waals surface area contributed by atoms with Crippen molar-refractivity contribution in [1.29, 1.82) is 0 Å². The van der Waals surface area contributed by atoms with E-state index in [0.29, 0.717) is 29.6 Å². The van der Waals surface area contributed by atoms with Crippen LogP contribution in [0.3, 0.4) is 0 Å². The molecule has 2 N–H and O–H groups in total. The predicted octanol–water partition coefficient (Wildman–Crippen LogP) is 6.11. The van der Waals surface area contributed by atoms with E-state index >= 15 is 0 Å². The first-order chi connectivity index (χ1) is 18.4. The fourth-order valence-electron chi connectivity index (χ4n) is 5.31. The minimum atomic E-state index is -3.62. The maximum Gasteiger partial charge on any atom is 0.243 e. The summed E-state index contributed by atoms with van der Waals surface area (Å²) in [7, 11) is -3.62. The topological polar surface area (TPSA) is 79.3 Å². The molecule has 1 fully saturated rings. The fourth-order valence-corrected chi connectivity index (χ4v) is 7.70. The van der Waals surface area contributed by atoms with Gasteiger partial charge in [0.25, 0.3) is 0 Å². The van der Waals surface area contributed by atoms with E-state index in [2.05, 4.69) is 37.7 Å². The van der Waals surface area contributed by atoms with Crippen LogP contribution in [0.25, 0.3) is 16.6 Å². The first-order valence-electron chi connectivity index (χ1n) is 12.6. The van der Waals surface area contributed by atoms with Gasteiger partial charge in [-0.1, -0.05) is 66.2 Å². The molecule has 2 aliphatic heterocycles. The molecule has 3 heterocycles. The van der Waals surface area contributed by atoms with Crippen molar-refractivity contribution in [3.63, 3.8) is 0 Å². The summed E-state index contributed by atoms with van der Waals surface area (Å²) >= 11 is 10.1. The number of fused-ring (bicyclic) bond motifs is 2. The molecule has 2 atom stereocenters. The Morgan fingerprint density at radius 3 is 2.74 bits per heavy atom. The van der Waals surface area contributed by atoms with Crippen LogP contribution in [0.1, 0.15) is 24.4 Å². The van der Waals surface area contributed by atoms with Gasteiger partial charge in [0.05, 0.1) is 21.6 Å². The van der Waals surface area contributed by atoms with Crippen LogP contribution in [-0.2, 0) is 10.0 Å². The number of hydrogen-bond acceptors (Lipinski definition) is 5. The van der Waals surface area contributed by atoms with Crippen molar-refractivity contribution in [2.45, 2.75) is 23.8 Å². The van der Waals surface area contributed by atoms with Crippen LogP contribution in [0.4, 0.5) is 5.82 Å². The smallest absolute Gasteiger partial charge is 0.243 e. The second-order valence-corrected chi connectivity index (χ2v) is 12.8. The molecule has 0 amide bonds. The molecule has 6 rings (SSSR count). The number of aromatic nitrogens is 2. The van der Waals surface area contributed by atoms with Crippen molar-refractivity contribution in [3.05, 3.63) is 94.1 Å². The zero-order chi connectivity index (χ0) is 26.3. The number of anilines is 1. The molecule has 0 saturated carbocycles. The zero-order valence-corrected chi connectivity index (χ0v) is 23.7. The Morgan fingerprint density at radius 1 is 1.08 bits per heavy atom. The van der Waals surface area contributed by atoms with E-state index in [9.17, 15) is 8.42 Å². The minimum Gasteiger partial charge on any atom is -0.370 e. The molecule has 0 radical (unpaired) electrons. The van der Waals surface area contributed by atoms with Gasteiger partial charge in [0.15, 0.2) is 0 Å². The van der Waals surface area contributed by atoms with Crippen molar-refractivity contribution in [2.75, 3.05) is 25.0 Å². The van der Waals surface area contributed by atoms with E-state index in [4.69, 9.17) is 11.6 Å². The lowest BCUT2D eigenvalue weighted by Gasteiger charge is -2.33. The summed E-state index contributed by atoms with van der Waals surface area (Å²) in [6, 6.07) is 20.7. The zero-order valence-electron chi connectivity index (χ0n) is 20.5. The summed E-state index contributed by atoms with van der Waals surface area (Å²) in [6.07, 6.45) is 5.59. The van der Waals surface area contributed by atoms with Crippen molar-refractivity contribution in [2.24, 2.45) is 5.92 Å². The molecule has 38 heavy (non-hydrogen) atoms. The highest BCUT2D eigenvalue weighted by molar-refractivity contribution is 9.10. The van der Waals surface area contributed by atoms with Crippen LogP contribution in [-0.4, -0.2) is 42.1 Å². The van der Waals surface area contributed by atoms with Gasteiger partial charge in [0, 0.05) is 30.0 Å². The van der Waals surface area contributed by atoms with E-state index in [1.165, 1.54) is 0 Å². The summed E-state index contributed by atoms with van der Waals surface area (Å²) in [5.74, 6) is 1.83. The van der Waals surface area contributed by atoms with E-state index in [1.54, 1.807) is 16.6 Å². The van der Waals surface area contributed by atoms with Crippen LogP contribution in [0.15, 0.2) is 88.4 Å². The molecular formula is C28H27BrClN5O2S. The molecule has 196 valence electrons. The number of sulfonamides is 1. The Balaban J connectivity index is 1.22. The number of piperidine rings is 1. The van der Waals surface area contributed by atoms with E-state index in [1.807, 2.05) is 65.3 Å². The Kier molecular flexibility index (Phi) is 6.94. The van der Waals surface area contributed by atoms with Gasteiger partial charge in [0.2, 0.25) is 10.0 Å². The van der Waals surface area contributed by atoms with E-state index in [0.717, 1.165) is 45.3 Å². The molecule has 1 aromatic heterocycles. The summed E-state index contributed by atoms with van der Waals surface area (Å²) < 4.78 is 31.7. The normalized spacial score (nSPS) is 20.0. The second-order valence-electron chi connectivity index (χ2n) is 9.68. The number of nitrogens with zero attached hydrogens (tertiary/aromatic N) is 3. The lowest BCUT2D eigenvalue weighted by molar-refractivity contribution is 0.265. The highest BCUT2D eigenvalue weighted by Crippen LogP contribution is 2.36. The van der Waals surface area contributed by atoms with E-state index in [-0.39, 0.29) is 12.0 Å². The Labute approximate surface area is 235 Å². The second kappa shape index (κ2) is 10.4. The highest BCUT2D eigenvalue weighted by atomic mass is 79.9. The van der Waals surface area contributed by atoms with Gasteiger partial charge in [-0.2, -0.15) is 9.40 Å². The molecule has 2 aliphatic rings. The van der Waals surface area contributed by atoms with Gasteiger partial charge in [-0.3, -0.25) is 0 Å². The van der Waals surface area contributed by atoms with Gasteiger partial charge in [-0.05, 0) is 63.8 Å². The number of halogens is 2. The van der Waals surface area contributed by atoms with Crippen molar-refractivity contribution < 1.29 is 8.42 Å². The summed E-state index contributed by atoms with van der Waals surface area (Å²) in [6.45, 7) is 1.62. The SMILES string of the molecule is O=S(=O)(c1cccc2ccccc12)N1CCCC(CNC2=CC(c3ccccc3Cl)Nc3c(Br)cnn32)C1. The maximum atomic E-state index is 13.7. The minimum absolute atomic E-state index is 0.138. The molecular weight excluding hydrogens is 586 g/mol. The van der Waals surface area contributed by atoms with Crippen LogP contribution < -0.4 is 10.6 Å². The third kappa shape index (κ3) is 4.73. The third-order valence-corrected chi connectivity index (χ3v) is 10.1. The summed E-state index contributed by atoms with van der Waals surface area (Å²) in [5.41, 5.74) is 0.970. The number of benzene rings is 3. The Hall–Kier alpha value is -2.85. The molecule has 1 saturated heterocycles. The quantitative estimate of drug-likeness (QED) is 0.275. The standard InChI is InChI=1S/C28H27BrClN5O2S/c29-23-17-32-35-27(15-25(33-28(23)35)22-11-3-4-12-24(22)30)31-16-19-7-6-14-34(18-19)38(36,37)26-13-5-9-20-8-1-2-10-21(20)26/h1-5,8-13,15,17,19,25,31,33H,6-7,14,16,18H2. The highest BCUT2D eigenvalue weighted by Gasteiger charge is 2.32. The number of rotatable bonds is 6. The number of nitrogens with one attached hydrogen (secondary N) is 2. The lowest BCUT2D eigenvalue weighted by atomic mass is 9.99. The van der Waals surface area contributed by atoms with Crippen molar-refractivity contribution >= 4 is 60.0 Å². The summed E-state index contributed by atoms with van der Waals surface area (Å²) in [5, 5.41) is 13.9. The van der Waals surface area contributed by atoms with E-state index < -0.39 is 10.0 Å². The Bertz CT molecular complexity index is 1630. The molecule has 3 aromatic carbocycles. The monoisotopic (exact) mass is 611 g/mol. The van der Waals surface area contributed by atoms with Gasteiger partial charge in [-0.15, -0.1) is 0 Å². The maximum absolute atomic E-state index is 13.7. The first kappa shape index (κ1) is 25.4. The van der Waals surface area contributed by atoms with Gasteiger partial charge in [-0.25, -0.2) is 13.1 Å². The van der Waals surface area contributed by atoms with Crippen molar-refractivity contribution in [1.82, 2.24) is 19.4 Å². The average Bonchev–Trinajstić information content (AvgIpc) is 3.32. The molecule has 4 aromatic rings. The van der Waals surface area contributed by atoms with Crippen molar-refractivity contribution in [3.8, 4) is 0 Å². The van der Waals surface area contributed by atoms with Gasteiger partial charge < -0.3 is 10.6 Å². The molecule has 10 heteroatoms. The van der Waals surface area contributed by atoms with Gasteiger partial charge >= 0.3 is 0 Å². The van der Waals surface area contributed by atoms with Gasteiger partial charge in [0.1, 0.15) is 11.6 Å². The first-order valence-corrected chi connectivity index (χ1v) is 15.2. The average molecular weight is 613 g/mol. The number of hydrogen-bond donors (Lipinski definition) is 2. The van der Waals surface area contributed by atoms with Crippen LogP contribution in [0.5, 0.6) is 0 Å². The summed E-state index contributed by atoms with van der Waals surface area (Å²) in [4.78, 5) is 0.374. The lowest BCUT2D eigenvalue weighted by Crippen LogP contribution is -2.43. The Morgan fingerprint density at radius 2 is 1.87 bits per heavy atom.